The molecule has 7 nitrogen and oxygen atoms in total. The predicted molar refractivity (Wildman–Crippen MR) is 95.8 cm³/mol. The first-order valence-electron chi connectivity index (χ1n) is 8.29. The molecule has 3 rings (SSSR count). The van der Waals surface area contributed by atoms with Gasteiger partial charge in [0.1, 0.15) is 11.4 Å². The molecule has 0 unspecified atom stereocenters. The van der Waals surface area contributed by atoms with Gasteiger partial charge in [-0.2, -0.15) is 5.10 Å². The molecular weight excluding hydrogens is 334 g/mol. The molecule has 2 aromatic heterocycles. The Kier molecular flexibility index (Phi) is 5.82. The quantitative estimate of drug-likeness (QED) is 0.627. The van der Waals surface area contributed by atoms with Crippen LogP contribution in [0.2, 0.25) is 0 Å². The number of carbonyl (C=O) groups is 1. The van der Waals surface area contributed by atoms with Gasteiger partial charge in [-0.15, -0.1) is 0 Å². The molecule has 7 heteroatoms. The van der Waals surface area contributed by atoms with Crippen LogP contribution in [-0.4, -0.2) is 28.8 Å². The van der Waals surface area contributed by atoms with Crippen molar-refractivity contribution < 1.29 is 13.9 Å². The molecule has 0 radical (unpaired) electrons. The summed E-state index contributed by atoms with van der Waals surface area (Å²) in [5.74, 6) is 1.04. The van der Waals surface area contributed by atoms with Crippen molar-refractivity contribution in [3.8, 4) is 17.2 Å². The lowest BCUT2D eigenvalue weighted by molar-refractivity contribution is -0.123. The minimum absolute atomic E-state index is 0.0454. The normalized spacial score (nSPS) is 10.5. The number of hydrogen-bond donors (Lipinski definition) is 1. The average Bonchev–Trinajstić information content (AvgIpc) is 3.20. The Morgan fingerprint density at radius 1 is 1.12 bits per heavy atom. The van der Waals surface area contributed by atoms with Crippen LogP contribution in [0.15, 0.2) is 70.1 Å². The molecule has 26 heavy (non-hydrogen) atoms. The second-order valence-corrected chi connectivity index (χ2v) is 5.56. The fourth-order valence-electron chi connectivity index (χ4n) is 2.34. The highest BCUT2D eigenvalue weighted by Crippen LogP contribution is 2.15. The zero-order valence-electron chi connectivity index (χ0n) is 14.1. The summed E-state index contributed by atoms with van der Waals surface area (Å²) in [5, 5.41) is 7.04. The van der Waals surface area contributed by atoms with E-state index in [1.165, 1.54) is 10.7 Å². The maximum atomic E-state index is 11.9. The largest absolute Gasteiger partial charge is 0.484 e. The van der Waals surface area contributed by atoms with Gasteiger partial charge < -0.3 is 14.5 Å². The Hall–Kier alpha value is -3.35. The molecule has 1 N–H and O–H groups in total. The van der Waals surface area contributed by atoms with E-state index in [1.807, 2.05) is 18.2 Å². The van der Waals surface area contributed by atoms with Crippen LogP contribution in [-0.2, 0) is 11.3 Å². The number of rotatable bonds is 8. The molecule has 0 saturated carbocycles. The lowest BCUT2D eigenvalue weighted by Gasteiger charge is -2.08. The van der Waals surface area contributed by atoms with Crippen LogP contribution in [0.1, 0.15) is 6.42 Å². The number of aryl methyl sites for hydroxylation is 1. The Bertz CT molecular complexity index is 889. The molecule has 134 valence electrons. The second-order valence-electron chi connectivity index (χ2n) is 5.56. The minimum atomic E-state index is -0.210. The summed E-state index contributed by atoms with van der Waals surface area (Å²) in [7, 11) is 0. The first kappa shape index (κ1) is 17.5. The fourth-order valence-corrected chi connectivity index (χ4v) is 2.34. The average molecular weight is 353 g/mol. The molecule has 0 spiro atoms. The standard InChI is InChI=1S/C19H19N3O4/c23-18(14-26-15-6-2-1-3-7-15)20-11-5-12-22-19(24)10-9-16(21-22)17-8-4-13-25-17/h1-4,6-10,13H,5,11-12,14H2,(H,20,23). The number of nitrogens with one attached hydrogen (secondary N) is 1. The number of benzene rings is 1. The molecule has 1 amide bonds. The van der Waals surface area contributed by atoms with Gasteiger partial charge in [-0.3, -0.25) is 9.59 Å². The first-order chi connectivity index (χ1) is 12.7. The third-order valence-corrected chi connectivity index (χ3v) is 3.62. The second kappa shape index (κ2) is 8.66. The van der Waals surface area contributed by atoms with E-state index < -0.39 is 0 Å². The first-order valence-corrected chi connectivity index (χ1v) is 8.29. The zero-order valence-corrected chi connectivity index (χ0v) is 14.1. The van der Waals surface area contributed by atoms with Crippen molar-refractivity contribution in [3.63, 3.8) is 0 Å². The summed E-state index contributed by atoms with van der Waals surface area (Å²) < 4.78 is 12.0. The number of amides is 1. The molecule has 1 aromatic carbocycles. The molecule has 2 heterocycles. The van der Waals surface area contributed by atoms with Gasteiger partial charge in [0, 0.05) is 19.2 Å². The van der Waals surface area contributed by atoms with E-state index in [1.54, 1.807) is 36.6 Å². The molecule has 0 aliphatic heterocycles. The van der Waals surface area contributed by atoms with E-state index in [9.17, 15) is 9.59 Å². The van der Waals surface area contributed by atoms with Crippen molar-refractivity contribution in [3.05, 3.63) is 71.2 Å². The monoisotopic (exact) mass is 353 g/mol. The number of hydrogen-bond acceptors (Lipinski definition) is 5. The molecular formula is C19H19N3O4. The van der Waals surface area contributed by atoms with Gasteiger partial charge in [0.25, 0.3) is 11.5 Å². The predicted octanol–water partition coefficient (Wildman–Crippen LogP) is 2.09. The minimum Gasteiger partial charge on any atom is -0.484 e. The molecule has 0 bridgehead atoms. The molecule has 0 saturated heterocycles. The van der Waals surface area contributed by atoms with E-state index in [4.69, 9.17) is 9.15 Å². The van der Waals surface area contributed by atoms with Crippen LogP contribution < -0.4 is 15.6 Å². The van der Waals surface area contributed by atoms with E-state index in [-0.39, 0.29) is 18.1 Å². The van der Waals surface area contributed by atoms with Crippen LogP contribution >= 0.6 is 0 Å². The summed E-state index contributed by atoms with van der Waals surface area (Å²) in [6, 6.07) is 15.8. The Morgan fingerprint density at radius 3 is 2.73 bits per heavy atom. The third-order valence-electron chi connectivity index (χ3n) is 3.62. The van der Waals surface area contributed by atoms with Crippen LogP contribution in [0.5, 0.6) is 5.75 Å². The highest BCUT2D eigenvalue weighted by Gasteiger charge is 2.06. The Labute approximate surface area is 150 Å². The van der Waals surface area contributed by atoms with Crippen molar-refractivity contribution in [2.75, 3.05) is 13.2 Å². The van der Waals surface area contributed by atoms with Gasteiger partial charge in [-0.1, -0.05) is 18.2 Å². The third kappa shape index (κ3) is 4.83. The highest BCUT2D eigenvalue weighted by molar-refractivity contribution is 5.77. The molecule has 0 atom stereocenters. The van der Waals surface area contributed by atoms with E-state index in [0.29, 0.717) is 36.7 Å². The summed E-state index contributed by atoms with van der Waals surface area (Å²) in [5.41, 5.74) is 0.397. The SMILES string of the molecule is O=C(COc1ccccc1)NCCCn1nc(-c2ccco2)ccc1=O. The van der Waals surface area contributed by atoms with Crippen molar-refractivity contribution in [1.29, 1.82) is 0 Å². The number of furan rings is 1. The molecule has 0 aliphatic carbocycles. The molecule has 3 aromatic rings. The summed E-state index contributed by atoms with van der Waals surface area (Å²) in [4.78, 5) is 23.7. The summed E-state index contributed by atoms with van der Waals surface area (Å²) in [6.45, 7) is 0.777. The number of nitrogens with zero attached hydrogens (tertiary/aromatic N) is 2. The van der Waals surface area contributed by atoms with Gasteiger partial charge in [-0.05, 0) is 36.8 Å². The Balaban J connectivity index is 1.44. The van der Waals surface area contributed by atoms with Crippen molar-refractivity contribution in [2.24, 2.45) is 0 Å². The topological polar surface area (TPSA) is 86.4 Å². The van der Waals surface area contributed by atoms with Crippen molar-refractivity contribution in [2.45, 2.75) is 13.0 Å². The molecule has 0 aliphatic rings. The maximum absolute atomic E-state index is 11.9. The van der Waals surface area contributed by atoms with Crippen LogP contribution in [0.4, 0.5) is 0 Å². The number of carbonyl (C=O) groups excluding carboxylic acids is 1. The smallest absolute Gasteiger partial charge is 0.266 e. The zero-order chi connectivity index (χ0) is 18.2. The van der Waals surface area contributed by atoms with Gasteiger partial charge >= 0.3 is 0 Å². The highest BCUT2D eigenvalue weighted by atomic mass is 16.5. The lowest BCUT2D eigenvalue weighted by Crippen LogP contribution is -2.31. The summed E-state index contributed by atoms with van der Waals surface area (Å²) in [6.07, 6.45) is 2.13. The number of ether oxygens (including phenoxy) is 1. The van der Waals surface area contributed by atoms with E-state index >= 15 is 0 Å². The van der Waals surface area contributed by atoms with Crippen LogP contribution in [0, 0.1) is 0 Å². The van der Waals surface area contributed by atoms with Gasteiger partial charge in [0.05, 0.1) is 6.26 Å². The number of aromatic nitrogens is 2. The van der Waals surface area contributed by atoms with Crippen molar-refractivity contribution in [1.82, 2.24) is 15.1 Å². The van der Waals surface area contributed by atoms with Crippen LogP contribution in [0.3, 0.4) is 0 Å². The molecule has 0 fully saturated rings. The van der Waals surface area contributed by atoms with Crippen LogP contribution in [0.25, 0.3) is 11.5 Å². The maximum Gasteiger partial charge on any atom is 0.266 e. The Morgan fingerprint density at radius 2 is 1.96 bits per heavy atom. The fraction of sp³-hybridized carbons (Fsp3) is 0.211. The van der Waals surface area contributed by atoms with E-state index in [2.05, 4.69) is 10.4 Å². The van der Waals surface area contributed by atoms with Gasteiger partial charge in [-0.25, -0.2) is 4.68 Å². The van der Waals surface area contributed by atoms with Gasteiger partial charge in [0.15, 0.2) is 12.4 Å². The lowest BCUT2D eigenvalue weighted by atomic mass is 10.3. The summed E-state index contributed by atoms with van der Waals surface area (Å²) >= 11 is 0. The van der Waals surface area contributed by atoms with Gasteiger partial charge in [0.2, 0.25) is 0 Å². The van der Waals surface area contributed by atoms with E-state index in [0.717, 1.165) is 0 Å². The number of para-hydroxylation sites is 1. The van der Waals surface area contributed by atoms with Crippen molar-refractivity contribution >= 4 is 5.91 Å².